The van der Waals surface area contributed by atoms with E-state index in [1.54, 1.807) is 7.11 Å². The van der Waals surface area contributed by atoms with Gasteiger partial charge in [0.25, 0.3) is 0 Å². The molecule has 0 N–H and O–H groups in total. The van der Waals surface area contributed by atoms with E-state index in [9.17, 15) is 4.79 Å². The van der Waals surface area contributed by atoms with E-state index in [4.69, 9.17) is 9.47 Å². The minimum atomic E-state index is 0.104. The third-order valence-corrected chi connectivity index (χ3v) is 3.78. The van der Waals surface area contributed by atoms with Gasteiger partial charge in [0, 0.05) is 25.0 Å². The second-order valence-electron chi connectivity index (χ2n) is 4.29. The summed E-state index contributed by atoms with van der Waals surface area (Å²) in [5.41, 5.74) is 0. The third-order valence-electron chi connectivity index (χ3n) is 3.03. The first-order valence-electron chi connectivity index (χ1n) is 6.21. The van der Waals surface area contributed by atoms with Crippen LogP contribution in [0.5, 0.6) is 0 Å². The topological polar surface area (TPSA) is 38.8 Å². The Morgan fingerprint density at radius 2 is 2.18 bits per heavy atom. The molecule has 1 amide bonds. The number of hydrogen-bond acceptors (Lipinski definition) is 3. The summed E-state index contributed by atoms with van der Waals surface area (Å²) in [5.74, 6) is 0.104. The number of likely N-dealkylation sites (tertiary alicyclic amines) is 1. The highest BCUT2D eigenvalue weighted by Crippen LogP contribution is 2.18. The standard InChI is InChI=1S/C12H22BrNO3/c1-16-7-8-17-10-12(15)14-6-4-2-3-5-11(14)9-13/h11H,2-10H2,1H3. The van der Waals surface area contributed by atoms with E-state index in [1.165, 1.54) is 12.8 Å². The maximum absolute atomic E-state index is 12.0. The Balaban J connectivity index is 2.35. The van der Waals surface area contributed by atoms with Gasteiger partial charge < -0.3 is 14.4 Å². The van der Waals surface area contributed by atoms with Crippen molar-refractivity contribution in [2.75, 3.05) is 38.8 Å². The number of alkyl halides is 1. The summed E-state index contributed by atoms with van der Waals surface area (Å²) in [7, 11) is 1.63. The van der Waals surface area contributed by atoms with Crippen molar-refractivity contribution in [2.24, 2.45) is 0 Å². The van der Waals surface area contributed by atoms with Crippen LogP contribution >= 0.6 is 15.9 Å². The maximum atomic E-state index is 12.0. The number of carbonyl (C=O) groups excluding carboxylic acids is 1. The Labute approximate surface area is 112 Å². The van der Waals surface area contributed by atoms with Crippen LogP contribution in [0.1, 0.15) is 25.7 Å². The zero-order valence-corrected chi connectivity index (χ0v) is 12.1. The fourth-order valence-corrected chi connectivity index (χ4v) is 2.72. The average Bonchev–Trinajstić information content (AvgIpc) is 2.59. The zero-order chi connectivity index (χ0) is 12.5. The number of methoxy groups -OCH3 is 1. The molecule has 1 unspecified atom stereocenters. The van der Waals surface area contributed by atoms with E-state index in [-0.39, 0.29) is 12.5 Å². The first kappa shape index (κ1) is 14.9. The Kier molecular flexibility index (Phi) is 7.81. The molecule has 1 atom stereocenters. The van der Waals surface area contributed by atoms with Crippen LogP contribution in [0.3, 0.4) is 0 Å². The number of amides is 1. The van der Waals surface area contributed by atoms with Crippen molar-refractivity contribution in [1.29, 1.82) is 0 Å². The van der Waals surface area contributed by atoms with Crippen molar-refractivity contribution in [3.8, 4) is 0 Å². The Morgan fingerprint density at radius 1 is 1.35 bits per heavy atom. The highest BCUT2D eigenvalue weighted by atomic mass is 79.9. The van der Waals surface area contributed by atoms with Gasteiger partial charge in [-0.25, -0.2) is 0 Å². The molecule has 1 aliphatic heterocycles. The van der Waals surface area contributed by atoms with E-state index < -0.39 is 0 Å². The van der Waals surface area contributed by atoms with E-state index in [1.807, 2.05) is 4.90 Å². The molecule has 4 nitrogen and oxygen atoms in total. The summed E-state index contributed by atoms with van der Waals surface area (Å²) in [6.07, 6.45) is 4.63. The molecular formula is C12H22BrNO3. The molecular weight excluding hydrogens is 286 g/mol. The molecule has 0 saturated carbocycles. The first-order valence-corrected chi connectivity index (χ1v) is 7.34. The van der Waals surface area contributed by atoms with Crippen LogP contribution in [0.15, 0.2) is 0 Å². The van der Waals surface area contributed by atoms with Crippen LogP contribution in [0.25, 0.3) is 0 Å². The number of ether oxygens (including phenoxy) is 2. The summed E-state index contributed by atoms with van der Waals surface area (Å²) < 4.78 is 10.2. The average molecular weight is 308 g/mol. The van der Waals surface area contributed by atoms with Gasteiger partial charge in [-0.3, -0.25) is 4.79 Å². The quantitative estimate of drug-likeness (QED) is 0.555. The minimum absolute atomic E-state index is 0.104. The van der Waals surface area contributed by atoms with Gasteiger partial charge in [-0.2, -0.15) is 0 Å². The van der Waals surface area contributed by atoms with Crippen molar-refractivity contribution in [3.63, 3.8) is 0 Å². The molecule has 17 heavy (non-hydrogen) atoms. The number of carbonyl (C=O) groups is 1. The van der Waals surface area contributed by atoms with Crippen molar-refractivity contribution in [3.05, 3.63) is 0 Å². The highest BCUT2D eigenvalue weighted by molar-refractivity contribution is 9.09. The number of halogens is 1. The van der Waals surface area contributed by atoms with Crippen LogP contribution in [0.2, 0.25) is 0 Å². The van der Waals surface area contributed by atoms with Crippen molar-refractivity contribution in [1.82, 2.24) is 4.90 Å². The second kappa shape index (κ2) is 8.89. The fraction of sp³-hybridized carbons (Fsp3) is 0.917. The molecule has 1 fully saturated rings. The molecule has 1 saturated heterocycles. The van der Waals surface area contributed by atoms with Gasteiger partial charge in [0.2, 0.25) is 5.91 Å². The SMILES string of the molecule is COCCOCC(=O)N1CCCCCC1CBr. The van der Waals surface area contributed by atoms with Gasteiger partial charge in [-0.15, -0.1) is 0 Å². The fourth-order valence-electron chi connectivity index (χ4n) is 2.05. The lowest BCUT2D eigenvalue weighted by atomic mass is 10.1. The number of hydrogen-bond donors (Lipinski definition) is 0. The monoisotopic (exact) mass is 307 g/mol. The van der Waals surface area contributed by atoms with E-state index in [0.717, 1.165) is 24.7 Å². The molecule has 0 bridgehead atoms. The van der Waals surface area contributed by atoms with Gasteiger partial charge in [0.1, 0.15) is 6.61 Å². The van der Waals surface area contributed by atoms with Gasteiger partial charge in [0.05, 0.1) is 13.2 Å². The normalized spacial score (nSPS) is 21.3. The largest absolute Gasteiger partial charge is 0.382 e. The molecule has 0 spiro atoms. The number of nitrogens with zero attached hydrogens (tertiary/aromatic N) is 1. The first-order chi connectivity index (χ1) is 8.29. The summed E-state index contributed by atoms with van der Waals surface area (Å²) in [6, 6.07) is 0.330. The van der Waals surface area contributed by atoms with Gasteiger partial charge in [-0.1, -0.05) is 28.8 Å². The molecule has 5 heteroatoms. The molecule has 1 heterocycles. The van der Waals surface area contributed by atoms with Crippen LogP contribution < -0.4 is 0 Å². The molecule has 100 valence electrons. The Morgan fingerprint density at radius 3 is 2.88 bits per heavy atom. The third kappa shape index (κ3) is 5.36. The summed E-state index contributed by atoms with van der Waals surface area (Å²) in [4.78, 5) is 14.0. The van der Waals surface area contributed by atoms with E-state index in [2.05, 4.69) is 15.9 Å². The predicted octanol–water partition coefficient (Wildman–Crippen LogP) is 1.82. The van der Waals surface area contributed by atoms with Gasteiger partial charge >= 0.3 is 0 Å². The van der Waals surface area contributed by atoms with Crippen LogP contribution in [-0.2, 0) is 14.3 Å². The Hall–Kier alpha value is -0.130. The van der Waals surface area contributed by atoms with Crippen molar-refractivity contribution < 1.29 is 14.3 Å². The van der Waals surface area contributed by atoms with E-state index in [0.29, 0.717) is 19.3 Å². The minimum Gasteiger partial charge on any atom is -0.382 e. The maximum Gasteiger partial charge on any atom is 0.248 e. The summed E-state index contributed by atoms with van der Waals surface area (Å²) in [6.45, 7) is 2.06. The van der Waals surface area contributed by atoms with Gasteiger partial charge in [-0.05, 0) is 12.8 Å². The van der Waals surface area contributed by atoms with Crippen LogP contribution in [0.4, 0.5) is 0 Å². The smallest absolute Gasteiger partial charge is 0.248 e. The van der Waals surface area contributed by atoms with Crippen LogP contribution in [-0.4, -0.2) is 55.7 Å². The van der Waals surface area contributed by atoms with E-state index >= 15 is 0 Å². The van der Waals surface area contributed by atoms with Crippen LogP contribution in [0, 0.1) is 0 Å². The second-order valence-corrected chi connectivity index (χ2v) is 4.94. The van der Waals surface area contributed by atoms with Crippen molar-refractivity contribution in [2.45, 2.75) is 31.7 Å². The molecule has 0 aromatic heterocycles. The summed E-state index contributed by atoms with van der Waals surface area (Å²) >= 11 is 3.49. The number of rotatable bonds is 6. The molecule has 0 radical (unpaired) electrons. The lowest BCUT2D eigenvalue weighted by molar-refractivity contribution is -0.138. The molecule has 1 aliphatic rings. The molecule has 0 aromatic rings. The molecule has 1 rings (SSSR count). The molecule has 0 aromatic carbocycles. The lowest BCUT2D eigenvalue weighted by Gasteiger charge is -2.28. The summed E-state index contributed by atoms with van der Waals surface area (Å²) in [5, 5.41) is 0.858. The lowest BCUT2D eigenvalue weighted by Crippen LogP contribution is -2.43. The van der Waals surface area contributed by atoms with Gasteiger partial charge in [0.15, 0.2) is 0 Å². The predicted molar refractivity (Wildman–Crippen MR) is 70.5 cm³/mol. The highest BCUT2D eigenvalue weighted by Gasteiger charge is 2.24. The molecule has 0 aliphatic carbocycles. The zero-order valence-electron chi connectivity index (χ0n) is 10.5. The Bertz CT molecular complexity index is 226. The van der Waals surface area contributed by atoms with Crippen molar-refractivity contribution >= 4 is 21.8 Å².